The molecule has 2 heterocycles. The molecular formula is C25H25ClN4O. The van der Waals surface area contributed by atoms with E-state index in [0.29, 0.717) is 17.9 Å². The second-order valence-electron chi connectivity index (χ2n) is 7.63. The Hall–Kier alpha value is -3.18. The number of aromatic nitrogens is 3. The maximum absolute atomic E-state index is 12.6. The van der Waals surface area contributed by atoms with Gasteiger partial charge in [-0.1, -0.05) is 48.9 Å². The number of hydrogen-bond donors (Lipinski definition) is 1. The predicted molar refractivity (Wildman–Crippen MR) is 126 cm³/mol. The maximum Gasteiger partial charge on any atom is 0.224 e. The number of para-hydroxylation sites is 1. The van der Waals surface area contributed by atoms with Crippen molar-refractivity contribution in [2.24, 2.45) is 0 Å². The molecule has 158 valence electrons. The zero-order chi connectivity index (χ0) is 22.0. The van der Waals surface area contributed by atoms with Crippen LogP contribution in [0.5, 0.6) is 0 Å². The van der Waals surface area contributed by atoms with Crippen LogP contribution in [0.25, 0.3) is 16.9 Å². The first kappa shape index (κ1) is 21.1. The minimum Gasteiger partial charge on any atom is -0.326 e. The van der Waals surface area contributed by atoms with Crippen LogP contribution in [0.15, 0.2) is 54.6 Å². The number of aryl methyl sites for hydroxylation is 3. The highest BCUT2D eigenvalue weighted by atomic mass is 35.5. The lowest BCUT2D eigenvalue weighted by Gasteiger charge is -2.12. The second-order valence-corrected chi connectivity index (χ2v) is 8.06. The first-order valence-corrected chi connectivity index (χ1v) is 10.8. The minimum absolute atomic E-state index is 0.00196. The van der Waals surface area contributed by atoms with Crippen LogP contribution in [-0.2, 0) is 17.6 Å². The number of halogens is 1. The van der Waals surface area contributed by atoms with Crippen LogP contribution in [0, 0.1) is 13.8 Å². The van der Waals surface area contributed by atoms with Crippen molar-refractivity contribution in [3.8, 4) is 11.3 Å². The van der Waals surface area contributed by atoms with Crippen LogP contribution in [-0.4, -0.2) is 20.5 Å². The number of carbonyl (C=O) groups is 1. The van der Waals surface area contributed by atoms with Crippen molar-refractivity contribution in [2.45, 2.75) is 40.0 Å². The van der Waals surface area contributed by atoms with Crippen molar-refractivity contribution in [3.63, 3.8) is 0 Å². The smallest absolute Gasteiger partial charge is 0.224 e. The molecule has 0 aliphatic carbocycles. The van der Waals surface area contributed by atoms with Gasteiger partial charge in [0.2, 0.25) is 5.91 Å². The first-order valence-electron chi connectivity index (χ1n) is 10.5. The summed E-state index contributed by atoms with van der Waals surface area (Å²) in [5.74, 6) is 0.00196. The van der Waals surface area contributed by atoms with Crippen LogP contribution in [0.3, 0.4) is 0 Å². The van der Waals surface area contributed by atoms with Crippen molar-refractivity contribution in [1.82, 2.24) is 14.6 Å². The van der Waals surface area contributed by atoms with E-state index in [2.05, 4.69) is 12.2 Å². The fraction of sp³-hybridized carbons (Fsp3) is 0.240. The Morgan fingerprint density at radius 2 is 1.84 bits per heavy atom. The summed E-state index contributed by atoms with van der Waals surface area (Å²) in [5.41, 5.74) is 7.63. The van der Waals surface area contributed by atoms with E-state index in [4.69, 9.17) is 21.7 Å². The van der Waals surface area contributed by atoms with E-state index in [1.165, 1.54) is 0 Å². The first-order chi connectivity index (χ1) is 15.0. The normalized spacial score (nSPS) is 11.1. The Labute approximate surface area is 187 Å². The largest absolute Gasteiger partial charge is 0.326 e. The molecule has 31 heavy (non-hydrogen) atoms. The average molecular weight is 433 g/mol. The third-order valence-electron chi connectivity index (χ3n) is 5.58. The van der Waals surface area contributed by atoms with Gasteiger partial charge in [-0.2, -0.15) is 5.10 Å². The fourth-order valence-corrected chi connectivity index (χ4v) is 3.98. The van der Waals surface area contributed by atoms with Gasteiger partial charge in [-0.25, -0.2) is 9.50 Å². The van der Waals surface area contributed by atoms with Crippen LogP contribution in [0.2, 0.25) is 5.02 Å². The molecule has 2 aromatic carbocycles. The van der Waals surface area contributed by atoms with E-state index in [0.717, 1.165) is 51.5 Å². The molecule has 0 spiro atoms. The molecule has 0 unspecified atom stereocenters. The highest BCUT2D eigenvalue weighted by Crippen LogP contribution is 2.24. The van der Waals surface area contributed by atoms with Crippen LogP contribution < -0.4 is 5.32 Å². The third kappa shape index (κ3) is 4.47. The van der Waals surface area contributed by atoms with Crippen molar-refractivity contribution in [2.75, 3.05) is 5.32 Å². The van der Waals surface area contributed by atoms with Crippen LogP contribution in [0.4, 0.5) is 5.69 Å². The van der Waals surface area contributed by atoms with Gasteiger partial charge in [-0.3, -0.25) is 4.79 Å². The topological polar surface area (TPSA) is 59.3 Å². The molecular weight excluding hydrogens is 408 g/mol. The lowest BCUT2D eigenvalue weighted by atomic mass is 10.1. The maximum atomic E-state index is 12.6. The average Bonchev–Trinajstić information content (AvgIpc) is 3.18. The Bertz CT molecular complexity index is 1240. The molecule has 0 radical (unpaired) electrons. The zero-order valence-electron chi connectivity index (χ0n) is 17.9. The number of amides is 1. The summed E-state index contributed by atoms with van der Waals surface area (Å²) in [6, 6.07) is 17.5. The van der Waals surface area contributed by atoms with Crippen LogP contribution in [0.1, 0.15) is 35.9 Å². The number of benzene rings is 2. The Balaban J connectivity index is 1.55. The highest BCUT2D eigenvalue weighted by Gasteiger charge is 2.15. The van der Waals surface area contributed by atoms with E-state index in [9.17, 15) is 4.79 Å². The summed E-state index contributed by atoms with van der Waals surface area (Å²) in [5, 5.41) is 8.48. The fourth-order valence-electron chi connectivity index (χ4n) is 3.85. The Morgan fingerprint density at radius 3 is 2.58 bits per heavy atom. The third-order valence-corrected chi connectivity index (χ3v) is 5.83. The van der Waals surface area contributed by atoms with Gasteiger partial charge in [0.05, 0.1) is 5.69 Å². The SMILES string of the molecule is CCc1ccccc1NC(=O)CCc1c(C)nc2cc(-c3ccc(Cl)cc3)nn2c1C. The van der Waals surface area contributed by atoms with Crippen molar-refractivity contribution >= 4 is 28.8 Å². The number of fused-ring (bicyclic) bond motifs is 1. The number of carbonyl (C=O) groups excluding carboxylic acids is 1. The zero-order valence-corrected chi connectivity index (χ0v) is 18.7. The molecule has 1 N–H and O–H groups in total. The number of hydrogen-bond acceptors (Lipinski definition) is 3. The molecule has 4 rings (SSSR count). The van der Waals surface area contributed by atoms with Gasteiger partial charge in [-0.05, 0) is 56.0 Å². The van der Waals surface area contributed by atoms with E-state index in [1.54, 1.807) is 0 Å². The number of anilines is 1. The molecule has 2 aromatic heterocycles. The second kappa shape index (κ2) is 8.90. The van der Waals surface area contributed by atoms with Crippen molar-refractivity contribution in [1.29, 1.82) is 0 Å². The lowest BCUT2D eigenvalue weighted by Crippen LogP contribution is -2.15. The molecule has 0 aliphatic heterocycles. The monoisotopic (exact) mass is 432 g/mol. The molecule has 4 aromatic rings. The van der Waals surface area contributed by atoms with Crippen molar-refractivity contribution < 1.29 is 4.79 Å². The Kier molecular flexibility index (Phi) is 6.05. The summed E-state index contributed by atoms with van der Waals surface area (Å²) >= 11 is 6.00. The highest BCUT2D eigenvalue weighted by molar-refractivity contribution is 6.30. The van der Waals surface area contributed by atoms with E-state index in [-0.39, 0.29) is 5.91 Å². The van der Waals surface area contributed by atoms with E-state index < -0.39 is 0 Å². The molecule has 6 heteroatoms. The number of nitrogens with one attached hydrogen (secondary N) is 1. The van der Waals surface area contributed by atoms with E-state index >= 15 is 0 Å². The van der Waals surface area contributed by atoms with Gasteiger partial charge < -0.3 is 5.32 Å². The van der Waals surface area contributed by atoms with E-state index in [1.807, 2.05) is 73.0 Å². The minimum atomic E-state index is 0.00196. The van der Waals surface area contributed by atoms with Crippen LogP contribution >= 0.6 is 11.6 Å². The molecule has 5 nitrogen and oxygen atoms in total. The summed E-state index contributed by atoms with van der Waals surface area (Å²) < 4.78 is 1.86. The summed E-state index contributed by atoms with van der Waals surface area (Å²) in [7, 11) is 0. The lowest BCUT2D eigenvalue weighted by molar-refractivity contribution is -0.116. The van der Waals surface area contributed by atoms with Crippen molar-refractivity contribution in [3.05, 3.63) is 82.1 Å². The number of nitrogens with zero attached hydrogens (tertiary/aromatic N) is 3. The van der Waals surface area contributed by atoms with Gasteiger partial charge in [0.15, 0.2) is 5.65 Å². The Morgan fingerprint density at radius 1 is 1.10 bits per heavy atom. The summed E-state index contributed by atoms with van der Waals surface area (Å²) in [6.45, 7) is 6.10. The molecule has 0 fully saturated rings. The molecule has 0 saturated carbocycles. The quantitative estimate of drug-likeness (QED) is 0.418. The summed E-state index contributed by atoms with van der Waals surface area (Å²) in [6.07, 6.45) is 1.87. The molecule has 0 saturated heterocycles. The predicted octanol–water partition coefficient (Wildman–Crippen LogP) is 5.80. The number of rotatable bonds is 6. The molecule has 0 bridgehead atoms. The van der Waals surface area contributed by atoms with Gasteiger partial charge in [-0.15, -0.1) is 0 Å². The summed E-state index contributed by atoms with van der Waals surface area (Å²) in [4.78, 5) is 17.3. The molecule has 1 amide bonds. The van der Waals surface area contributed by atoms with Gasteiger partial charge in [0.1, 0.15) is 0 Å². The molecule has 0 aliphatic rings. The molecule has 0 atom stereocenters. The standard InChI is InChI=1S/C25H25ClN4O/c1-4-18-7-5-6-8-22(18)28-25(31)14-13-21-16(2)27-24-15-23(29-30(24)17(21)3)19-9-11-20(26)12-10-19/h5-12,15H,4,13-14H2,1-3H3,(H,28,31). The van der Waals surface area contributed by atoms with Gasteiger partial charge in [0.25, 0.3) is 0 Å². The van der Waals surface area contributed by atoms with Gasteiger partial charge >= 0.3 is 0 Å². The van der Waals surface area contributed by atoms with Gasteiger partial charge in [0, 0.05) is 40.1 Å².